The van der Waals surface area contributed by atoms with E-state index in [1.807, 2.05) is 31.2 Å². The molecule has 0 unspecified atom stereocenters. The van der Waals surface area contributed by atoms with Crippen molar-refractivity contribution in [3.8, 4) is 0 Å². The van der Waals surface area contributed by atoms with Gasteiger partial charge in [0, 0.05) is 25.6 Å². The third-order valence-electron chi connectivity index (χ3n) is 3.98. The smallest absolute Gasteiger partial charge is 0.352 e. The van der Waals surface area contributed by atoms with Gasteiger partial charge in [0.05, 0.1) is 0 Å². The van der Waals surface area contributed by atoms with Crippen LogP contribution in [-0.4, -0.2) is 36.0 Å². The van der Waals surface area contributed by atoms with Gasteiger partial charge in [-0.1, -0.05) is 29.8 Å². The molecule has 2 rings (SSSR count). The van der Waals surface area contributed by atoms with Gasteiger partial charge in [-0.3, -0.25) is 9.59 Å². The Bertz CT molecular complexity index is 562. The first-order valence-electron chi connectivity index (χ1n) is 7.46. The molecule has 0 saturated carbocycles. The molecule has 1 aromatic carbocycles. The molecule has 1 N–H and O–H groups in total. The Kier molecular flexibility index (Phi) is 5.28. The summed E-state index contributed by atoms with van der Waals surface area (Å²) in [6.45, 7) is 2.28. The third-order valence-corrected chi connectivity index (χ3v) is 3.98. The van der Waals surface area contributed by atoms with E-state index in [2.05, 4.69) is 5.32 Å². The number of hydrogen-bond acceptors (Lipinski definition) is 2. The number of carbonyl (C=O) groups is 2. The molecular formula is C16H19F3N2O2. The molecule has 0 aliphatic carbocycles. The molecule has 1 fully saturated rings. The van der Waals surface area contributed by atoms with E-state index in [9.17, 15) is 22.8 Å². The Morgan fingerprint density at radius 1 is 1.17 bits per heavy atom. The lowest BCUT2D eigenvalue weighted by Crippen LogP contribution is -2.47. The highest BCUT2D eigenvalue weighted by atomic mass is 19.4. The Morgan fingerprint density at radius 3 is 2.26 bits per heavy atom. The number of rotatable bonds is 3. The summed E-state index contributed by atoms with van der Waals surface area (Å²) in [5.74, 6) is -2.35. The fraction of sp³-hybridized carbons (Fsp3) is 0.500. The van der Waals surface area contributed by atoms with E-state index in [1.165, 1.54) is 0 Å². The minimum atomic E-state index is -4.85. The lowest BCUT2D eigenvalue weighted by atomic mass is 9.95. The van der Waals surface area contributed by atoms with Crippen LogP contribution in [-0.2, 0) is 16.1 Å². The molecule has 23 heavy (non-hydrogen) atoms. The number of piperidine rings is 1. The van der Waals surface area contributed by atoms with Crippen LogP contribution in [0.25, 0.3) is 0 Å². The largest absolute Gasteiger partial charge is 0.471 e. The maximum Gasteiger partial charge on any atom is 0.471 e. The minimum absolute atomic E-state index is 0.0407. The molecule has 126 valence electrons. The lowest BCUT2D eigenvalue weighted by molar-refractivity contribution is -0.186. The SMILES string of the molecule is Cc1ccc(CNC(=O)C2CCN(C(=O)C(F)(F)F)CC2)cc1. The van der Waals surface area contributed by atoms with Crippen LogP contribution in [0, 0.1) is 12.8 Å². The first-order valence-corrected chi connectivity index (χ1v) is 7.46. The van der Waals surface area contributed by atoms with E-state index in [0.29, 0.717) is 6.54 Å². The Hall–Kier alpha value is -2.05. The number of likely N-dealkylation sites (tertiary alicyclic amines) is 1. The number of nitrogens with zero attached hydrogens (tertiary/aromatic N) is 1. The summed E-state index contributed by atoms with van der Waals surface area (Å²) in [5.41, 5.74) is 2.09. The van der Waals surface area contributed by atoms with Gasteiger partial charge in [-0.2, -0.15) is 13.2 Å². The van der Waals surface area contributed by atoms with Crippen LogP contribution in [0.3, 0.4) is 0 Å². The lowest BCUT2D eigenvalue weighted by Gasteiger charge is -2.31. The first kappa shape index (κ1) is 17.3. The van der Waals surface area contributed by atoms with Crippen molar-refractivity contribution in [1.82, 2.24) is 10.2 Å². The topological polar surface area (TPSA) is 49.4 Å². The van der Waals surface area contributed by atoms with Crippen LogP contribution in [0.15, 0.2) is 24.3 Å². The maximum atomic E-state index is 12.4. The number of hydrogen-bond donors (Lipinski definition) is 1. The van der Waals surface area contributed by atoms with Crippen molar-refractivity contribution in [2.24, 2.45) is 5.92 Å². The number of halogens is 3. The second kappa shape index (κ2) is 7.02. The maximum absolute atomic E-state index is 12.4. The molecular weight excluding hydrogens is 309 g/mol. The van der Waals surface area contributed by atoms with Crippen LogP contribution in [0.5, 0.6) is 0 Å². The van der Waals surface area contributed by atoms with Crippen LogP contribution < -0.4 is 5.32 Å². The van der Waals surface area contributed by atoms with Crippen LogP contribution in [0.1, 0.15) is 24.0 Å². The second-order valence-corrected chi connectivity index (χ2v) is 5.77. The molecule has 0 atom stereocenters. The van der Waals surface area contributed by atoms with Gasteiger partial charge >= 0.3 is 12.1 Å². The zero-order valence-corrected chi connectivity index (χ0v) is 12.8. The standard InChI is InChI=1S/C16H19F3N2O2/c1-11-2-4-12(5-3-11)10-20-14(22)13-6-8-21(9-7-13)15(23)16(17,18)19/h2-5,13H,6-10H2,1H3,(H,20,22). The quantitative estimate of drug-likeness (QED) is 0.926. The van der Waals surface area contributed by atoms with Gasteiger partial charge < -0.3 is 10.2 Å². The van der Waals surface area contributed by atoms with Gasteiger partial charge in [-0.15, -0.1) is 0 Å². The number of aryl methyl sites for hydroxylation is 1. The van der Waals surface area contributed by atoms with Crippen molar-refractivity contribution in [2.45, 2.75) is 32.5 Å². The molecule has 1 aliphatic heterocycles. The van der Waals surface area contributed by atoms with Gasteiger partial charge in [0.25, 0.3) is 0 Å². The van der Waals surface area contributed by atoms with Crippen molar-refractivity contribution in [1.29, 1.82) is 0 Å². The van der Waals surface area contributed by atoms with Gasteiger partial charge in [-0.05, 0) is 25.3 Å². The zero-order chi connectivity index (χ0) is 17.0. The molecule has 4 nitrogen and oxygen atoms in total. The average Bonchev–Trinajstić information content (AvgIpc) is 2.52. The summed E-state index contributed by atoms with van der Waals surface area (Å²) in [4.78, 5) is 24.0. The zero-order valence-electron chi connectivity index (χ0n) is 12.8. The molecule has 0 spiro atoms. The van der Waals surface area contributed by atoms with Crippen LogP contribution in [0.2, 0.25) is 0 Å². The Morgan fingerprint density at radius 2 is 1.74 bits per heavy atom. The Labute approximate surface area is 132 Å². The van der Waals surface area contributed by atoms with Crippen LogP contribution in [0.4, 0.5) is 13.2 Å². The van der Waals surface area contributed by atoms with Gasteiger partial charge in [0.15, 0.2) is 0 Å². The third kappa shape index (κ3) is 4.71. The second-order valence-electron chi connectivity index (χ2n) is 5.77. The highest BCUT2D eigenvalue weighted by molar-refractivity contribution is 5.83. The average molecular weight is 328 g/mol. The van der Waals surface area contributed by atoms with Crippen molar-refractivity contribution in [3.05, 3.63) is 35.4 Å². The monoisotopic (exact) mass is 328 g/mol. The highest BCUT2D eigenvalue weighted by Crippen LogP contribution is 2.24. The number of benzene rings is 1. The van der Waals surface area contributed by atoms with Gasteiger partial charge in [0.1, 0.15) is 0 Å². The summed E-state index contributed by atoms with van der Waals surface area (Å²) in [7, 11) is 0. The summed E-state index contributed by atoms with van der Waals surface area (Å²) >= 11 is 0. The first-order chi connectivity index (χ1) is 10.8. The van der Waals surface area contributed by atoms with E-state index in [1.54, 1.807) is 0 Å². The Balaban J connectivity index is 1.79. The molecule has 1 aromatic rings. The normalized spacial score (nSPS) is 16.3. The minimum Gasteiger partial charge on any atom is -0.352 e. The molecule has 1 aliphatic rings. The number of alkyl halides is 3. The molecule has 0 radical (unpaired) electrons. The highest BCUT2D eigenvalue weighted by Gasteiger charge is 2.43. The van der Waals surface area contributed by atoms with E-state index in [4.69, 9.17) is 0 Å². The summed E-state index contributed by atoms with van der Waals surface area (Å²) in [6, 6.07) is 7.73. The van der Waals surface area contributed by atoms with E-state index in [-0.39, 0.29) is 37.8 Å². The molecule has 0 bridgehead atoms. The predicted octanol–water partition coefficient (Wildman–Crippen LogP) is 2.41. The number of nitrogens with one attached hydrogen (secondary N) is 1. The van der Waals surface area contributed by atoms with Crippen molar-refractivity contribution in [2.75, 3.05) is 13.1 Å². The van der Waals surface area contributed by atoms with Crippen molar-refractivity contribution >= 4 is 11.8 Å². The van der Waals surface area contributed by atoms with E-state index >= 15 is 0 Å². The van der Waals surface area contributed by atoms with Crippen molar-refractivity contribution < 1.29 is 22.8 Å². The summed E-state index contributed by atoms with van der Waals surface area (Å²) in [6.07, 6.45) is -4.34. The fourth-order valence-corrected chi connectivity index (χ4v) is 2.56. The van der Waals surface area contributed by atoms with Crippen LogP contribution >= 0.6 is 0 Å². The van der Waals surface area contributed by atoms with Gasteiger partial charge in [0.2, 0.25) is 5.91 Å². The van der Waals surface area contributed by atoms with E-state index < -0.39 is 12.1 Å². The molecule has 1 saturated heterocycles. The number of carbonyl (C=O) groups excluding carboxylic acids is 2. The molecule has 1 heterocycles. The molecule has 0 aromatic heterocycles. The predicted molar refractivity (Wildman–Crippen MR) is 78.4 cm³/mol. The van der Waals surface area contributed by atoms with Gasteiger partial charge in [-0.25, -0.2) is 0 Å². The molecule has 7 heteroatoms. The summed E-state index contributed by atoms with van der Waals surface area (Å²) in [5, 5.41) is 2.80. The fourth-order valence-electron chi connectivity index (χ4n) is 2.56. The number of amides is 2. The van der Waals surface area contributed by atoms with Crippen molar-refractivity contribution in [3.63, 3.8) is 0 Å². The van der Waals surface area contributed by atoms with E-state index in [0.717, 1.165) is 16.0 Å². The summed E-state index contributed by atoms with van der Waals surface area (Å²) < 4.78 is 37.1. The molecule has 2 amide bonds.